The Morgan fingerprint density at radius 1 is 1.05 bits per heavy atom. The average molecular weight is 534 g/mol. The molecule has 0 aliphatic carbocycles. The van der Waals surface area contributed by atoms with Crippen LogP contribution in [-0.2, 0) is 17.9 Å². The lowest BCUT2D eigenvalue weighted by atomic mass is 10.1. The number of nitrogen functional groups attached to an aromatic ring is 1. The van der Waals surface area contributed by atoms with E-state index in [1.54, 1.807) is 50.4 Å². The predicted molar refractivity (Wildman–Crippen MR) is 142 cm³/mol. The largest absolute Gasteiger partial charge is 0.497 e. The molecule has 196 valence electrons. The molecule has 0 fully saturated rings. The lowest BCUT2D eigenvalue weighted by Crippen LogP contribution is -2.43. The molecule has 3 amide bonds. The van der Waals surface area contributed by atoms with E-state index < -0.39 is 23.8 Å². The minimum Gasteiger partial charge on any atom is -0.497 e. The number of amides is 3. The number of hydrogen-bond donors (Lipinski definition) is 3. The molecular weight excluding hydrogens is 506 g/mol. The van der Waals surface area contributed by atoms with Gasteiger partial charge >= 0.3 is 0 Å². The zero-order valence-corrected chi connectivity index (χ0v) is 21.7. The van der Waals surface area contributed by atoms with E-state index in [-0.39, 0.29) is 35.1 Å². The highest BCUT2D eigenvalue weighted by Crippen LogP contribution is 2.31. The fraction of sp³-hybridized carbons (Fsp3) is 0.185. The zero-order valence-electron chi connectivity index (χ0n) is 20.8. The van der Waals surface area contributed by atoms with Gasteiger partial charge in [-0.1, -0.05) is 42.5 Å². The van der Waals surface area contributed by atoms with Gasteiger partial charge in [-0.25, -0.2) is 0 Å². The molecule has 2 aromatic carbocycles. The Morgan fingerprint density at radius 3 is 2.34 bits per heavy atom. The third kappa shape index (κ3) is 5.84. The summed E-state index contributed by atoms with van der Waals surface area (Å²) in [6.45, 7) is 2.02. The maximum absolute atomic E-state index is 13.9. The van der Waals surface area contributed by atoms with Crippen molar-refractivity contribution in [3.05, 3.63) is 99.9 Å². The van der Waals surface area contributed by atoms with Crippen LogP contribution in [-0.4, -0.2) is 34.1 Å². The molecule has 0 radical (unpaired) electrons. The monoisotopic (exact) mass is 533 g/mol. The Labute approximate surface area is 223 Å². The Balaban J connectivity index is 1.75. The van der Waals surface area contributed by atoms with Gasteiger partial charge in [0.05, 0.1) is 12.8 Å². The number of methoxy groups -OCH3 is 1. The summed E-state index contributed by atoms with van der Waals surface area (Å²) in [5.74, 6) is -0.416. The van der Waals surface area contributed by atoms with Crippen molar-refractivity contribution in [1.82, 2.24) is 14.6 Å². The third-order valence-electron chi connectivity index (χ3n) is 5.83. The van der Waals surface area contributed by atoms with Gasteiger partial charge in [0, 0.05) is 13.1 Å². The summed E-state index contributed by atoms with van der Waals surface area (Å²) >= 11 is 0.748. The first kappa shape index (κ1) is 26.4. The molecule has 0 saturated carbocycles. The Hall–Kier alpha value is -4.64. The van der Waals surface area contributed by atoms with Crippen molar-refractivity contribution in [2.45, 2.75) is 26.1 Å². The number of primary amides is 1. The molecule has 2 heterocycles. The van der Waals surface area contributed by atoms with Crippen LogP contribution in [0, 0.1) is 6.92 Å². The fourth-order valence-electron chi connectivity index (χ4n) is 3.87. The Kier molecular flexibility index (Phi) is 8.07. The number of anilines is 1. The van der Waals surface area contributed by atoms with Crippen LogP contribution in [0.3, 0.4) is 0 Å². The van der Waals surface area contributed by atoms with Crippen molar-refractivity contribution in [2.75, 3.05) is 12.8 Å². The van der Waals surface area contributed by atoms with Gasteiger partial charge in [0.1, 0.15) is 22.1 Å². The van der Waals surface area contributed by atoms with Crippen molar-refractivity contribution in [3.63, 3.8) is 0 Å². The molecule has 4 aromatic rings. The maximum Gasteiger partial charge on any atom is 0.270 e. The number of benzene rings is 2. The van der Waals surface area contributed by atoms with Gasteiger partial charge in [-0.3, -0.25) is 14.4 Å². The van der Waals surface area contributed by atoms with Crippen LogP contribution < -0.4 is 21.5 Å². The topological polar surface area (TPSA) is 154 Å². The van der Waals surface area contributed by atoms with Gasteiger partial charge in [-0.15, -0.1) is 0 Å². The van der Waals surface area contributed by atoms with Crippen LogP contribution in [0.15, 0.2) is 71.1 Å². The SMILES string of the molecule is COc1ccc(CN(C(=O)c2snc(C(N)=O)c2N)[C@H](C(=O)NCc2ccccc2)c2ccc(C)o2)cc1. The molecule has 0 spiro atoms. The first-order valence-electron chi connectivity index (χ1n) is 11.6. The van der Waals surface area contributed by atoms with E-state index in [1.165, 1.54) is 4.90 Å². The van der Waals surface area contributed by atoms with Crippen LogP contribution in [0.25, 0.3) is 0 Å². The summed E-state index contributed by atoms with van der Waals surface area (Å²) < 4.78 is 15.0. The summed E-state index contributed by atoms with van der Waals surface area (Å²) in [6.07, 6.45) is 0. The number of hydrogen-bond acceptors (Lipinski definition) is 8. The van der Waals surface area contributed by atoms with Crippen molar-refractivity contribution in [1.29, 1.82) is 0 Å². The minimum absolute atomic E-state index is 0.00329. The number of aryl methyl sites for hydroxylation is 1. The second-order valence-electron chi connectivity index (χ2n) is 8.47. The van der Waals surface area contributed by atoms with Gasteiger partial charge in [-0.2, -0.15) is 4.37 Å². The van der Waals surface area contributed by atoms with Gasteiger partial charge in [0.15, 0.2) is 11.7 Å². The average Bonchev–Trinajstić information content (AvgIpc) is 3.53. The number of carbonyl (C=O) groups is 3. The van der Waals surface area contributed by atoms with E-state index in [4.69, 9.17) is 20.6 Å². The Bertz CT molecular complexity index is 1430. The molecule has 0 aliphatic heterocycles. The van der Waals surface area contributed by atoms with Crippen molar-refractivity contribution in [3.8, 4) is 5.75 Å². The molecule has 0 unspecified atom stereocenters. The second-order valence-corrected chi connectivity index (χ2v) is 9.25. The van der Waals surface area contributed by atoms with E-state index in [9.17, 15) is 14.4 Å². The highest BCUT2D eigenvalue weighted by Gasteiger charge is 2.36. The van der Waals surface area contributed by atoms with E-state index in [1.807, 2.05) is 30.3 Å². The fourth-order valence-corrected chi connectivity index (χ4v) is 4.64. The number of nitrogens with two attached hydrogens (primary N) is 2. The normalized spacial score (nSPS) is 11.5. The summed E-state index contributed by atoms with van der Waals surface area (Å²) in [7, 11) is 1.56. The minimum atomic E-state index is -1.15. The van der Waals surface area contributed by atoms with Gasteiger partial charge < -0.3 is 30.8 Å². The maximum atomic E-state index is 13.9. The van der Waals surface area contributed by atoms with Crippen LogP contribution in [0.2, 0.25) is 0 Å². The zero-order chi connectivity index (χ0) is 27.2. The smallest absolute Gasteiger partial charge is 0.270 e. The number of aromatic nitrogens is 1. The Morgan fingerprint density at radius 2 is 1.76 bits per heavy atom. The molecule has 0 saturated heterocycles. The molecule has 0 bridgehead atoms. The quantitative estimate of drug-likeness (QED) is 0.282. The summed E-state index contributed by atoms with van der Waals surface area (Å²) in [6, 6.07) is 18.7. The van der Waals surface area contributed by atoms with Gasteiger partial charge in [0.2, 0.25) is 0 Å². The first-order valence-corrected chi connectivity index (χ1v) is 12.4. The van der Waals surface area contributed by atoms with E-state index in [0.717, 1.165) is 22.7 Å². The van der Waals surface area contributed by atoms with E-state index in [0.29, 0.717) is 11.5 Å². The third-order valence-corrected chi connectivity index (χ3v) is 6.68. The predicted octanol–water partition coefficient (Wildman–Crippen LogP) is 3.43. The number of ether oxygens (including phenoxy) is 1. The van der Waals surface area contributed by atoms with E-state index in [2.05, 4.69) is 9.69 Å². The van der Waals surface area contributed by atoms with Crippen LogP contribution >= 0.6 is 11.5 Å². The number of furan rings is 1. The highest BCUT2D eigenvalue weighted by atomic mass is 32.1. The molecule has 10 nitrogen and oxygen atoms in total. The summed E-state index contributed by atoms with van der Waals surface area (Å²) in [5.41, 5.74) is 12.7. The van der Waals surface area contributed by atoms with Crippen LogP contribution in [0.5, 0.6) is 5.75 Å². The number of carbonyl (C=O) groups excluding carboxylic acids is 3. The standard InChI is InChI=1S/C27H27N5O5S/c1-16-8-13-20(37-16)23(26(34)30-14-17-6-4-3-5-7-17)32(15-18-9-11-19(36-2)12-10-18)27(35)24-21(28)22(25(29)33)31-38-24/h3-13,23H,14-15,28H2,1-2H3,(H2,29,33)(H,30,34)/t23-/m0/s1. The lowest BCUT2D eigenvalue weighted by molar-refractivity contribution is -0.126. The highest BCUT2D eigenvalue weighted by molar-refractivity contribution is 7.09. The molecule has 0 aliphatic rings. The number of nitrogens with one attached hydrogen (secondary N) is 1. The molecule has 38 heavy (non-hydrogen) atoms. The molecule has 11 heteroatoms. The molecule has 2 aromatic heterocycles. The van der Waals surface area contributed by atoms with Crippen molar-refractivity contribution >= 4 is 34.9 Å². The summed E-state index contributed by atoms with van der Waals surface area (Å²) in [4.78, 5) is 40.7. The molecule has 5 N–H and O–H groups in total. The van der Waals surface area contributed by atoms with Gasteiger partial charge in [-0.05, 0) is 53.8 Å². The van der Waals surface area contributed by atoms with Crippen LogP contribution in [0.4, 0.5) is 5.69 Å². The molecular formula is C27H27N5O5S. The summed E-state index contributed by atoms with van der Waals surface area (Å²) in [5, 5.41) is 2.91. The van der Waals surface area contributed by atoms with E-state index >= 15 is 0 Å². The van der Waals surface area contributed by atoms with Crippen molar-refractivity contribution < 1.29 is 23.5 Å². The molecule has 1 atom stereocenters. The van der Waals surface area contributed by atoms with Gasteiger partial charge in [0.25, 0.3) is 17.7 Å². The van der Waals surface area contributed by atoms with Crippen molar-refractivity contribution in [2.24, 2.45) is 5.73 Å². The lowest BCUT2D eigenvalue weighted by Gasteiger charge is -2.30. The first-order chi connectivity index (χ1) is 18.3. The van der Waals surface area contributed by atoms with Crippen LogP contribution in [0.1, 0.15) is 48.8 Å². The number of rotatable bonds is 10. The number of nitrogens with zero attached hydrogens (tertiary/aromatic N) is 2. The molecule has 4 rings (SSSR count). The second kappa shape index (κ2) is 11.6.